The third-order valence-electron chi connectivity index (χ3n) is 15.9. The van der Waals surface area contributed by atoms with E-state index >= 15 is 0 Å². The van der Waals surface area contributed by atoms with E-state index in [1.54, 1.807) is 67.6 Å². The molecule has 6 heterocycles. The van der Waals surface area contributed by atoms with Gasteiger partial charge >= 0.3 is 17.9 Å². The summed E-state index contributed by atoms with van der Waals surface area (Å²) < 4.78 is 39.4. The molecule has 8 fully saturated rings. The molecule has 58 heavy (non-hydrogen) atoms. The highest BCUT2D eigenvalue weighted by Crippen LogP contribution is 2.74. The van der Waals surface area contributed by atoms with Crippen LogP contribution in [0.2, 0.25) is 0 Å². The Morgan fingerprint density at radius 3 is 2.31 bits per heavy atom. The first kappa shape index (κ1) is 38.7. The predicted molar refractivity (Wildman–Crippen MR) is 202 cm³/mol. The summed E-state index contributed by atoms with van der Waals surface area (Å²) in [6, 6.07) is 17.7. The minimum absolute atomic E-state index is 0.0988. The number of benzene rings is 2. The summed E-state index contributed by atoms with van der Waals surface area (Å²) in [5.74, 6) is -6.19. The van der Waals surface area contributed by atoms with Gasteiger partial charge in [-0.1, -0.05) is 74.5 Å². The monoisotopic (exact) mass is 800 g/mol. The van der Waals surface area contributed by atoms with Gasteiger partial charge in [-0.25, -0.2) is 9.59 Å². The van der Waals surface area contributed by atoms with Crippen molar-refractivity contribution < 1.29 is 63.5 Å². The van der Waals surface area contributed by atoms with Crippen molar-refractivity contribution in [1.82, 2.24) is 0 Å². The summed E-state index contributed by atoms with van der Waals surface area (Å²) in [4.78, 5) is 27.0. The molecule has 0 radical (unpaired) electrons. The quantitative estimate of drug-likeness (QED) is 0.224. The van der Waals surface area contributed by atoms with E-state index in [1.165, 1.54) is 12.2 Å². The average Bonchev–Trinajstić information content (AvgIpc) is 3.73. The lowest BCUT2D eigenvalue weighted by atomic mass is 9.49. The van der Waals surface area contributed by atoms with E-state index < -0.39 is 107 Å². The van der Waals surface area contributed by atoms with Crippen molar-refractivity contribution in [2.75, 3.05) is 6.61 Å². The molecule has 11 bridgehead atoms. The molecular weight excluding hydrogens is 748 g/mol. The van der Waals surface area contributed by atoms with Crippen LogP contribution in [0.3, 0.4) is 0 Å². The van der Waals surface area contributed by atoms with E-state index in [0.717, 1.165) is 0 Å². The predicted octanol–water partition coefficient (Wildman–Crippen LogP) is 3.06. The van der Waals surface area contributed by atoms with Gasteiger partial charge in [0.05, 0.1) is 23.4 Å². The lowest BCUT2D eigenvalue weighted by Crippen LogP contribution is -2.89. The smallest absolute Gasteiger partial charge is 0.338 e. The number of carbonyl (C=O) groups excluding carboxylic acids is 2. The van der Waals surface area contributed by atoms with Crippen LogP contribution in [-0.4, -0.2) is 109 Å². The normalized spacial score (nSPS) is 52.2. The lowest BCUT2D eigenvalue weighted by molar-refractivity contribution is -0.595. The van der Waals surface area contributed by atoms with Gasteiger partial charge in [-0.05, 0) is 69.1 Å². The number of carbonyl (C=O) groups is 2. The molecule has 1 spiro atoms. The lowest BCUT2D eigenvalue weighted by Gasteiger charge is -2.74. The Hall–Kier alpha value is -3.50. The zero-order valence-corrected chi connectivity index (χ0v) is 32.8. The van der Waals surface area contributed by atoms with Crippen LogP contribution >= 0.6 is 0 Å². The van der Waals surface area contributed by atoms with E-state index in [2.05, 4.69) is 6.92 Å². The van der Waals surface area contributed by atoms with Crippen molar-refractivity contribution >= 4 is 11.9 Å². The molecule has 10 aliphatic rings. The van der Waals surface area contributed by atoms with Gasteiger partial charge in [-0.15, -0.1) is 0 Å². The molecule has 5 N–H and O–H groups in total. The van der Waals surface area contributed by atoms with E-state index in [4.69, 9.17) is 28.4 Å². The van der Waals surface area contributed by atoms with Crippen LogP contribution in [0.1, 0.15) is 68.8 Å². The molecule has 18 atom stereocenters. The van der Waals surface area contributed by atoms with Crippen LogP contribution in [0.4, 0.5) is 0 Å². The number of rotatable bonds is 4. The Balaban J connectivity index is 1.12. The summed E-state index contributed by atoms with van der Waals surface area (Å²) in [7, 11) is 0. The Labute approximate surface area is 336 Å². The Morgan fingerprint density at radius 2 is 1.59 bits per heavy atom. The first-order valence-electron chi connectivity index (χ1n) is 20.7. The van der Waals surface area contributed by atoms with Crippen LogP contribution in [0, 0.1) is 35.5 Å². The summed E-state index contributed by atoms with van der Waals surface area (Å²) >= 11 is 0. The highest BCUT2D eigenvalue weighted by Gasteiger charge is 2.90. The number of allylic oxidation sites excluding steroid dienone is 2. The van der Waals surface area contributed by atoms with E-state index in [0.29, 0.717) is 24.0 Å². The van der Waals surface area contributed by atoms with Crippen molar-refractivity contribution in [3.63, 3.8) is 0 Å². The maximum absolute atomic E-state index is 13.6. The van der Waals surface area contributed by atoms with Gasteiger partial charge in [-0.3, -0.25) is 0 Å². The van der Waals surface area contributed by atoms with Gasteiger partial charge in [0, 0.05) is 35.3 Å². The third kappa shape index (κ3) is 4.96. The van der Waals surface area contributed by atoms with Crippen LogP contribution in [0.15, 0.2) is 85.0 Å². The van der Waals surface area contributed by atoms with E-state index in [-0.39, 0.29) is 37.0 Å². The van der Waals surface area contributed by atoms with E-state index in [9.17, 15) is 35.1 Å². The maximum Gasteiger partial charge on any atom is 0.338 e. The molecule has 0 aromatic heterocycles. The number of esters is 2. The number of epoxide rings is 1. The van der Waals surface area contributed by atoms with Crippen molar-refractivity contribution in [2.45, 2.75) is 123 Å². The second-order valence-corrected chi connectivity index (χ2v) is 18.4. The molecule has 4 saturated carbocycles. The SMILES string of the molecule is C[C@@H]1[C@@H]2CC[C@@H]1[C@H](OC(=O)c1ccccc1)/C=C/C=C\C(=O)O[C@H]1CC[C@@H]3[C@]1(O)[C@H](O)[C@@]1(CO)O[C@H]1[C@H]1[C@@H]4O[C@@]5(c6ccccc6)O[C@H]([C@@H](C)[C@]13O5)[C@@]4(O)[C@@](C)(O)C2. The molecule has 4 aliphatic carbocycles. The maximum atomic E-state index is 13.6. The molecule has 310 valence electrons. The van der Waals surface area contributed by atoms with Gasteiger partial charge in [0.15, 0.2) is 0 Å². The van der Waals surface area contributed by atoms with Gasteiger partial charge < -0.3 is 54.0 Å². The van der Waals surface area contributed by atoms with Gasteiger partial charge in [0.1, 0.15) is 53.4 Å². The summed E-state index contributed by atoms with van der Waals surface area (Å²) in [5, 5.41) is 63.0. The number of ether oxygens (including phenoxy) is 6. The van der Waals surface area contributed by atoms with Crippen molar-refractivity contribution in [1.29, 1.82) is 0 Å². The number of hydrogen-bond donors (Lipinski definition) is 5. The largest absolute Gasteiger partial charge is 0.456 e. The first-order valence-corrected chi connectivity index (χ1v) is 20.7. The Bertz CT molecular complexity index is 2020. The zero-order valence-electron chi connectivity index (χ0n) is 32.8. The second kappa shape index (κ2) is 13.0. The average molecular weight is 801 g/mol. The molecule has 0 unspecified atom stereocenters. The fourth-order valence-corrected chi connectivity index (χ4v) is 13.0. The molecule has 2 aromatic rings. The molecule has 13 nitrogen and oxygen atoms in total. The third-order valence-corrected chi connectivity index (χ3v) is 15.9. The minimum atomic E-state index is -2.20. The number of aliphatic hydroxyl groups excluding tert-OH is 2. The van der Waals surface area contributed by atoms with Crippen LogP contribution < -0.4 is 0 Å². The van der Waals surface area contributed by atoms with Gasteiger partial charge in [-0.2, -0.15) is 0 Å². The van der Waals surface area contributed by atoms with Crippen molar-refractivity contribution in [2.24, 2.45) is 35.5 Å². The topological polar surface area (TPSA) is 194 Å². The molecule has 6 aliphatic heterocycles. The highest BCUT2D eigenvalue weighted by atomic mass is 16.9. The summed E-state index contributed by atoms with van der Waals surface area (Å²) in [5.41, 5.74) is -8.42. The minimum Gasteiger partial charge on any atom is -0.456 e. The summed E-state index contributed by atoms with van der Waals surface area (Å²) in [6.45, 7) is 4.83. The van der Waals surface area contributed by atoms with Gasteiger partial charge in [0.25, 0.3) is 0 Å². The van der Waals surface area contributed by atoms with Crippen LogP contribution in [-0.2, 0) is 39.2 Å². The number of hydrogen-bond acceptors (Lipinski definition) is 13. The fraction of sp³-hybridized carbons (Fsp3) is 0.600. The molecule has 13 heteroatoms. The second-order valence-electron chi connectivity index (χ2n) is 18.4. The number of aliphatic hydroxyl groups is 5. The van der Waals surface area contributed by atoms with E-state index in [1.807, 2.05) is 19.1 Å². The van der Waals surface area contributed by atoms with Crippen molar-refractivity contribution in [3.05, 3.63) is 96.1 Å². The van der Waals surface area contributed by atoms with Crippen LogP contribution in [0.25, 0.3) is 0 Å². The Morgan fingerprint density at radius 1 is 0.879 bits per heavy atom. The molecule has 4 saturated heterocycles. The molecule has 2 aromatic carbocycles. The van der Waals surface area contributed by atoms with Gasteiger partial charge in [0.2, 0.25) is 0 Å². The zero-order chi connectivity index (χ0) is 40.6. The number of fused-ring (bicyclic) bond motifs is 6. The molecular formula is C45H52O13. The standard InChI is InChI=1S/C45H52O13/c1-24-27-18-19-29(24)30(53-38(48)26-12-6-4-7-13-26)16-10-11-17-33(47)54-32-21-20-31-42(32,51)39(49)41(23-46)36(55-41)34-37-44(52,40(3,50)22-27)35-25(2)43(31,34)58-45(56-35,57-37)28-14-8-5-9-15-28/h4-17,24-25,27,29-32,34-37,39,46,49-52H,18-23H2,1-3H3/b16-10+,17-11-/t24-,25-,27-,29+,30-,31-,32+,34+,35-,36+,37+,39-,40+,41+,42-,43-,44+,45-/m1/s1. The Kier molecular flexibility index (Phi) is 8.67. The highest BCUT2D eigenvalue weighted by molar-refractivity contribution is 5.89. The van der Waals surface area contributed by atoms with Crippen molar-refractivity contribution in [3.8, 4) is 0 Å². The fourth-order valence-electron chi connectivity index (χ4n) is 13.0. The molecule has 0 amide bonds. The summed E-state index contributed by atoms with van der Waals surface area (Å²) in [6.07, 6.45) is 0.831. The molecule has 12 rings (SSSR count). The van der Waals surface area contributed by atoms with Crippen LogP contribution in [0.5, 0.6) is 0 Å². The first-order chi connectivity index (χ1) is 27.7.